The Morgan fingerprint density at radius 2 is 2.10 bits per heavy atom. The number of carboxylic acid groups (broad SMARTS) is 1. The van der Waals surface area contributed by atoms with Crippen LogP contribution in [0.1, 0.15) is 18.4 Å². The molecule has 0 saturated heterocycles. The number of benzene rings is 1. The van der Waals surface area contributed by atoms with Crippen LogP contribution in [0.25, 0.3) is 0 Å². The summed E-state index contributed by atoms with van der Waals surface area (Å²) in [7, 11) is -0.416. The Balaban J connectivity index is 2.64. The largest absolute Gasteiger partial charge is 0.497 e. The van der Waals surface area contributed by atoms with E-state index in [0.717, 1.165) is 5.56 Å². The zero-order valence-corrected chi connectivity index (χ0v) is 12.4. The molecule has 0 bridgehead atoms. The van der Waals surface area contributed by atoms with Gasteiger partial charge in [-0.25, -0.2) is 12.7 Å². The quantitative estimate of drug-likeness (QED) is 0.783. The maximum absolute atomic E-state index is 12.0. The summed E-state index contributed by atoms with van der Waals surface area (Å²) in [4.78, 5) is 10.4. The molecule has 0 atom stereocenters. The van der Waals surface area contributed by atoms with Gasteiger partial charge in [-0.1, -0.05) is 12.1 Å². The molecule has 0 aliphatic carbocycles. The van der Waals surface area contributed by atoms with Gasteiger partial charge in [0.05, 0.1) is 12.9 Å². The lowest BCUT2D eigenvalue weighted by Crippen LogP contribution is -2.29. The van der Waals surface area contributed by atoms with Crippen molar-refractivity contribution in [3.05, 3.63) is 29.8 Å². The zero-order chi connectivity index (χ0) is 15.2. The molecule has 1 N–H and O–H groups in total. The van der Waals surface area contributed by atoms with Gasteiger partial charge in [-0.05, 0) is 24.1 Å². The molecule has 0 amide bonds. The number of rotatable bonds is 8. The number of carbonyl (C=O) groups is 1. The summed E-state index contributed by atoms with van der Waals surface area (Å²) >= 11 is 0. The third kappa shape index (κ3) is 5.18. The van der Waals surface area contributed by atoms with Crippen LogP contribution in [0.4, 0.5) is 0 Å². The highest BCUT2D eigenvalue weighted by molar-refractivity contribution is 7.89. The molecule has 0 aromatic heterocycles. The lowest BCUT2D eigenvalue weighted by molar-refractivity contribution is -0.137. The van der Waals surface area contributed by atoms with Crippen LogP contribution in [-0.2, 0) is 21.4 Å². The van der Waals surface area contributed by atoms with Crippen molar-refractivity contribution in [3.63, 3.8) is 0 Å². The molecular weight excluding hydrogens is 282 g/mol. The minimum atomic E-state index is -3.44. The molecule has 20 heavy (non-hydrogen) atoms. The number of nitrogens with zero attached hydrogens (tertiary/aromatic N) is 1. The summed E-state index contributed by atoms with van der Waals surface area (Å²) < 4.78 is 30.3. The van der Waals surface area contributed by atoms with Gasteiger partial charge >= 0.3 is 5.97 Å². The van der Waals surface area contributed by atoms with Crippen molar-refractivity contribution in [3.8, 4) is 5.75 Å². The lowest BCUT2D eigenvalue weighted by Gasteiger charge is -2.17. The van der Waals surface area contributed by atoms with Crippen LogP contribution in [-0.4, -0.2) is 43.7 Å². The fourth-order valence-electron chi connectivity index (χ4n) is 1.69. The van der Waals surface area contributed by atoms with E-state index in [4.69, 9.17) is 9.84 Å². The smallest absolute Gasteiger partial charge is 0.303 e. The van der Waals surface area contributed by atoms with Crippen molar-refractivity contribution in [2.45, 2.75) is 19.4 Å². The second-order valence-electron chi connectivity index (χ2n) is 4.42. The maximum Gasteiger partial charge on any atom is 0.303 e. The highest BCUT2D eigenvalue weighted by atomic mass is 32.2. The van der Waals surface area contributed by atoms with Gasteiger partial charge in [-0.3, -0.25) is 4.79 Å². The number of hydrogen-bond donors (Lipinski definition) is 1. The number of ether oxygens (including phenoxy) is 1. The van der Waals surface area contributed by atoms with Crippen LogP contribution < -0.4 is 4.74 Å². The molecule has 0 heterocycles. The van der Waals surface area contributed by atoms with Gasteiger partial charge < -0.3 is 9.84 Å². The van der Waals surface area contributed by atoms with Crippen molar-refractivity contribution in [2.75, 3.05) is 19.9 Å². The molecular formula is C13H19NO5S. The van der Waals surface area contributed by atoms with Crippen LogP contribution in [0.5, 0.6) is 5.75 Å². The summed E-state index contributed by atoms with van der Waals surface area (Å²) in [5.74, 6) is -0.491. The normalized spacial score (nSPS) is 11.6. The molecule has 1 aromatic rings. The fourth-order valence-corrected chi connectivity index (χ4v) is 2.85. The van der Waals surface area contributed by atoms with Gasteiger partial charge in [0.1, 0.15) is 5.75 Å². The van der Waals surface area contributed by atoms with Crippen LogP contribution in [0.2, 0.25) is 0 Å². The van der Waals surface area contributed by atoms with E-state index in [1.165, 1.54) is 11.4 Å². The molecule has 1 rings (SSSR count). The van der Waals surface area contributed by atoms with E-state index in [-0.39, 0.29) is 25.1 Å². The van der Waals surface area contributed by atoms with Gasteiger partial charge in [0.2, 0.25) is 10.0 Å². The Hall–Kier alpha value is -1.60. The van der Waals surface area contributed by atoms with Crippen LogP contribution in [0.3, 0.4) is 0 Å². The highest BCUT2D eigenvalue weighted by Crippen LogP contribution is 2.15. The average molecular weight is 301 g/mol. The predicted octanol–water partition coefficient (Wildman–Crippen LogP) is 1.32. The topological polar surface area (TPSA) is 83.9 Å². The third-order valence-corrected chi connectivity index (χ3v) is 4.69. The summed E-state index contributed by atoms with van der Waals surface area (Å²) in [5.41, 5.74) is 0.814. The van der Waals surface area contributed by atoms with Gasteiger partial charge in [0, 0.05) is 20.0 Å². The minimum Gasteiger partial charge on any atom is -0.497 e. The Labute approximate surface area is 119 Å². The molecule has 0 aliphatic rings. The van der Waals surface area contributed by atoms with Crippen molar-refractivity contribution in [2.24, 2.45) is 0 Å². The number of hydrogen-bond acceptors (Lipinski definition) is 4. The van der Waals surface area contributed by atoms with Crippen molar-refractivity contribution in [1.82, 2.24) is 4.31 Å². The van der Waals surface area contributed by atoms with E-state index in [1.54, 1.807) is 25.3 Å². The molecule has 0 fully saturated rings. The monoisotopic (exact) mass is 301 g/mol. The van der Waals surface area contributed by atoms with Crippen LogP contribution in [0.15, 0.2) is 24.3 Å². The number of methoxy groups -OCH3 is 1. The van der Waals surface area contributed by atoms with E-state index in [0.29, 0.717) is 5.75 Å². The first-order valence-corrected chi connectivity index (χ1v) is 7.75. The van der Waals surface area contributed by atoms with Gasteiger partial charge in [0.25, 0.3) is 0 Å². The lowest BCUT2D eigenvalue weighted by atomic mass is 10.2. The summed E-state index contributed by atoms with van der Waals surface area (Å²) in [6, 6.07) is 7.15. The molecule has 0 aliphatic heterocycles. The first-order valence-electron chi connectivity index (χ1n) is 6.14. The first-order chi connectivity index (χ1) is 9.35. The predicted molar refractivity (Wildman–Crippen MR) is 75.1 cm³/mol. The van der Waals surface area contributed by atoms with Crippen molar-refractivity contribution < 1.29 is 23.1 Å². The van der Waals surface area contributed by atoms with Gasteiger partial charge in [-0.2, -0.15) is 0 Å². The van der Waals surface area contributed by atoms with E-state index >= 15 is 0 Å². The Kier molecular flexibility index (Phi) is 5.97. The summed E-state index contributed by atoms with van der Waals surface area (Å²) in [6.07, 6.45) is -0.0354. The molecule has 0 unspecified atom stereocenters. The number of carboxylic acids is 1. The van der Waals surface area contributed by atoms with E-state index < -0.39 is 16.0 Å². The SMILES string of the molecule is COc1cccc(CN(C)S(=O)(=O)CCCC(=O)O)c1. The molecule has 0 radical (unpaired) electrons. The standard InChI is InChI=1S/C13H19NO5S/c1-14(20(17,18)8-4-7-13(15)16)10-11-5-3-6-12(9-11)19-2/h3,5-6,9H,4,7-8,10H2,1-2H3,(H,15,16). The van der Waals surface area contributed by atoms with E-state index in [9.17, 15) is 13.2 Å². The van der Waals surface area contributed by atoms with Gasteiger partial charge in [0.15, 0.2) is 0 Å². The molecule has 0 spiro atoms. The third-order valence-electron chi connectivity index (χ3n) is 2.81. The Bertz CT molecular complexity index is 556. The Morgan fingerprint density at radius 1 is 1.40 bits per heavy atom. The van der Waals surface area contributed by atoms with E-state index in [2.05, 4.69) is 0 Å². The first kappa shape index (κ1) is 16.5. The zero-order valence-electron chi connectivity index (χ0n) is 11.6. The summed E-state index contributed by atoms with van der Waals surface area (Å²) in [5, 5.41) is 8.52. The van der Waals surface area contributed by atoms with Crippen molar-refractivity contribution in [1.29, 1.82) is 0 Å². The Morgan fingerprint density at radius 3 is 2.70 bits per heavy atom. The second-order valence-corrected chi connectivity index (χ2v) is 6.62. The molecule has 112 valence electrons. The van der Waals surface area contributed by atoms with Crippen molar-refractivity contribution >= 4 is 16.0 Å². The van der Waals surface area contributed by atoms with Crippen LogP contribution >= 0.6 is 0 Å². The maximum atomic E-state index is 12.0. The molecule has 7 heteroatoms. The molecule has 6 nitrogen and oxygen atoms in total. The van der Waals surface area contributed by atoms with Gasteiger partial charge in [-0.15, -0.1) is 0 Å². The van der Waals surface area contributed by atoms with E-state index in [1.807, 2.05) is 6.07 Å². The second kappa shape index (κ2) is 7.25. The fraction of sp³-hybridized carbons (Fsp3) is 0.462. The number of sulfonamides is 1. The highest BCUT2D eigenvalue weighted by Gasteiger charge is 2.18. The number of aliphatic carboxylic acids is 1. The van der Waals surface area contributed by atoms with Crippen LogP contribution in [0, 0.1) is 0 Å². The minimum absolute atomic E-state index is 0.111. The molecule has 1 aromatic carbocycles. The summed E-state index contributed by atoms with van der Waals surface area (Å²) in [6.45, 7) is 0.229. The molecule has 0 saturated carbocycles. The average Bonchev–Trinajstić information content (AvgIpc) is 2.38.